The van der Waals surface area contributed by atoms with Crippen LogP contribution < -0.4 is 4.74 Å². The van der Waals surface area contributed by atoms with E-state index in [9.17, 15) is 4.79 Å². The zero-order valence-corrected chi connectivity index (χ0v) is 11.3. The molecule has 0 spiro atoms. The number of aliphatic hydroxyl groups is 1. The van der Waals surface area contributed by atoms with Gasteiger partial charge in [0.05, 0.1) is 16.5 Å². The summed E-state index contributed by atoms with van der Waals surface area (Å²) in [6, 6.07) is 5.17. The molecule has 0 radical (unpaired) electrons. The quantitative estimate of drug-likeness (QED) is 0.876. The molecule has 0 aliphatic heterocycles. The lowest BCUT2D eigenvalue weighted by Gasteiger charge is -2.20. The molecule has 17 heavy (non-hydrogen) atoms. The van der Waals surface area contributed by atoms with E-state index in [2.05, 4.69) is 15.9 Å². The van der Waals surface area contributed by atoms with E-state index in [1.54, 1.807) is 32.0 Å². The third-order valence-electron chi connectivity index (χ3n) is 2.35. The Balaban J connectivity index is 2.73. The van der Waals surface area contributed by atoms with Crippen molar-refractivity contribution in [1.29, 1.82) is 0 Å². The lowest BCUT2D eigenvalue weighted by atomic mass is 9.95. The molecule has 0 saturated heterocycles. The Kier molecular flexibility index (Phi) is 4.54. The van der Waals surface area contributed by atoms with Crippen LogP contribution >= 0.6 is 15.9 Å². The van der Waals surface area contributed by atoms with Crippen LogP contribution in [0.5, 0.6) is 5.75 Å². The summed E-state index contributed by atoms with van der Waals surface area (Å²) in [7, 11) is 0. The van der Waals surface area contributed by atoms with Gasteiger partial charge in [-0.1, -0.05) is 6.07 Å². The monoisotopic (exact) mass is 302 g/mol. The highest BCUT2D eigenvalue weighted by molar-refractivity contribution is 9.10. The van der Waals surface area contributed by atoms with Crippen LogP contribution in [-0.2, 0) is 11.4 Å². The number of rotatable bonds is 5. The number of benzene rings is 1. The summed E-state index contributed by atoms with van der Waals surface area (Å²) in [4.78, 5) is 10.9. The summed E-state index contributed by atoms with van der Waals surface area (Å²) in [6.07, 6.45) is 0. The van der Waals surface area contributed by atoms with Crippen molar-refractivity contribution < 1.29 is 19.7 Å². The first kappa shape index (κ1) is 14.0. The Labute approximate surface area is 108 Å². The fraction of sp³-hybridized carbons (Fsp3) is 0.417. The molecule has 4 nitrogen and oxygen atoms in total. The van der Waals surface area contributed by atoms with Gasteiger partial charge in [-0.2, -0.15) is 0 Å². The fourth-order valence-electron chi connectivity index (χ4n) is 1.08. The molecule has 0 unspecified atom stereocenters. The molecule has 5 heteroatoms. The average Bonchev–Trinajstić information content (AvgIpc) is 2.27. The first-order valence-electron chi connectivity index (χ1n) is 5.12. The molecule has 1 aromatic carbocycles. The van der Waals surface area contributed by atoms with Crippen molar-refractivity contribution in [3.8, 4) is 5.75 Å². The van der Waals surface area contributed by atoms with Crippen molar-refractivity contribution in [2.24, 2.45) is 5.41 Å². The first-order valence-corrected chi connectivity index (χ1v) is 5.91. The van der Waals surface area contributed by atoms with Gasteiger partial charge in [0.1, 0.15) is 12.4 Å². The first-order chi connectivity index (χ1) is 7.86. The number of carbonyl (C=O) groups is 1. The van der Waals surface area contributed by atoms with Crippen molar-refractivity contribution in [3.63, 3.8) is 0 Å². The third-order valence-corrected chi connectivity index (χ3v) is 2.97. The fourth-order valence-corrected chi connectivity index (χ4v) is 1.62. The average molecular weight is 303 g/mol. The Morgan fingerprint density at radius 2 is 2.12 bits per heavy atom. The molecule has 1 aromatic rings. The molecule has 0 amide bonds. The maximum atomic E-state index is 10.9. The molecule has 2 N–H and O–H groups in total. The summed E-state index contributed by atoms with van der Waals surface area (Å²) in [5.74, 6) is -0.336. The summed E-state index contributed by atoms with van der Waals surface area (Å²) in [5, 5.41) is 17.9. The van der Waals surface area contributed by atoms with Crippen LogP contribution in [0, 0.1) is 5.41 Å². The highest BCUT2D eigenvalue weighted by Gasteiger charge is 2.28. The number of hydrogen-bond acceptors (Lipinski definition) is 3. The van der Waals surface area contributed by atoms with Crippen molar-refractivity contribution in [2.45, 2.75) is 20.5 Å². The maximum Gasteiger partial charge on any atom is 0.312 e. The van der Waals surface area contributed by atoms with Crippen LogP contribution in [0.4, 0.5) is 0 Å². The van der Waals surface area contributed by atoms with Crippen molar-refractivity contribution >= 4 is 21.9 Å². The van der Waals surface area contributed by atoms with Crippen LogP contribution in [0.3, 0.4) is 0 Å². The summed E-state index contributed by atoms with van der Waals surface area (Å²) in [5.41, 5.74) is -0.170. The van der Waals surface area contributed by atoms with Gasteiger partial charge in [-0.25, -0.2) is 0 Å². The zero-order chi connectivity index (χ0) is 13.1. The van der Waals surface area contributed by atoms with Gasteiger partial charge < -0.3 is 14.9 Å². The zero-order valence-electron chi connectivity index (χ0n) is 9.74. The number of halogens is 1. The van der Waals surface area contributed by atoms with Gasteiger partial charge in [0.15, 0.2) is 0 Å². The predicted molar refractivity (Wildman–Crippen MR) is 67.0 cm³/mol. The SMILES string of the molecule is CC(C)(COc1ccc(CO)cc1Br)C(=O)O. The molecule has 0 heterocycles. The molecule has 1 rings (SSSR count). The topological polar surface area (TPSA) is 66.8 Å². The maximum absolute atomic E-state index is 10.9. The summed E-state index contributed by atoms with van der Waals surface area (Å²) in [6.45, 7) is 3.25. The molecular formula is C12H15BrO4. The van der Waals surface area contributed by atoms with Gasteiger partial charge in [-0.15, -0.1) is 0 Å². The van der Waals surface area contributed by atoms with E-state index >= 15 is 0 Å². The largest absolute Gasteiger partial charge is 0.491 e. The smallest absolute Gasteiger partial charge is 0.312 e. The molecule has 0 atom stereocenters. The van der Waals surface area contributed by atoms with Crippen LogP contribution in [0.15, 0.2) is 22.7 Å². The second kappa shape index (κ2) is 5.51. The molecule has 0 saturated carbocycles. The minimum atomic E-state index is -0.935. The molecule has 0 aliphatic rings. The van der Waals surface area contributed by atoms with E-state index in [-0.39, 0.29) is 13.2 Å². The molecule has 94 valence electrons. The van der Waals surface area contributed by atoms with E-state index in [4.69, 9.17) is 14.9 Å². The molecule has 0 bridgehead atoms. The minimum Gasteiger partial charge on any atom is -0.491 e. The van der Waals surface area contributed by atoms with Gasteiger partial charge in [0.2, 0.25) is 0 Å². The number of aliphatic hydroxyl groups excluding tert-OH is 1. The van der Waals surface area contributed by atoms with E-state index in [0.29, 0.717) is 10.2 Å². The van der Waals surface area contributed by atoms with Gasteiger partial charge in [0, 0.05) is 0 Å². The molecule has 0 aliphatic carbocycles. The highest BCUT2D eigenvalue weighted by atomic mass is 79.9. The van der Waals surface area contributed by atoms with Crippen LogP contribution in [-0.4, -0.2) is 22.8 Å². The third kappa shape index (κ3) is 3.71. The number of carboxylic acids is 1. The summed E-state index contributed by atoms with van der Waals surface area (Å²) < 4.78 is 6.15. The van der Waals surface area contributed by atoms with Crippen LogP contribution in [0.2, 0.25) is 0 Å². The van der Waals surface area contributed by atoms with Gasteiger partial charge in [0.25, 0.3) is 0 Å². The Morgan fingerprint density at radius 1 is 1.47 bits per heavy atom. The van der Waals surface area contributed by atoms with Gasteiger partial charge in [-0.05, 0) is 47.5 Å². The molecule has 0 fully saturated rings. The number of ether oxygens (including phenoxy) is 1. The Bertz CT molecular complexity index is 415. The van der Waals surface area contributed by atoms with Crippen molar-refractivity contribution in [3.05, 3.63) is 28.2 Å². The van der Waals surface area contributed by atoms with E-state index in [1.807, 2.05) is 0 Å². The van der Waals surface area contributed by atoms with Crippen LogP contribution in [0.1, 0.15) is 19.4 Å². The number of hydrogen-bond donors (Lipinski definition) is 2. The highest BCUT2D eigenvalue weighted by Crippen LogP contribution is 2.28. The minimum absolute atomic E-state index is 0.0422. The molecule has 0 aromatic heterocycles. The van der Waals surface area contributed by atoms with Crippen molar-refractivity contribution in [1.82, 2.24) is 0 Å². The van der Waals surface area contributed by atoms with E-state index in [1.165, 1.54) is 0 Å². The summed E-state index contributed by atoms with van der Waals surface area (Å²) >= 11 is 3.31. The standard InChI is InChI=1S/C12H15BrO4/c1-12(2,11(15)16)7-17-10-4-3-8(6-14)5-9(10)13/h3-5,14H,6-7H2,1-2H3,(H,15,16). The lowest BCUT2D eigenvalue weighted by molar-refractivity contribution is -0.148. The Hall–Kier alpha value is -1.07. The Morgan fingerprint density at radius 3 is 2.59 bits per heavy atom. The van der Waals surface area contributed by atoms with Gasteiger partial charge in [-0.3, -0.25) is 4.79 Å². The second-order valence-corrected chi connectivity index (χ2v) is 5.25. The van der Waals surface area contributed by atoms with E-state index < -0.39 is 11.4 Å². The second-order valence-electron chi connectivity index (χ2n) is 4.40. The van der Waals surface area contributed by atoms with Crippen LogP contribution in [0.25, 0.3) is 0 Å². The normalized spacial score (nSPS) is 11.3. The number of carboxylic acid groups (broad SMARTS) is 1. The number of aliphatic carboxylic acids is 1. The lowest BCUT2D eigenvalue weighted by Crippen LogP contribution is -2.30. The molecular weight excluding hydrogens is 288 g/mol. The predicted octanol–water partition coefficient (Wildman–Crippen LogP) is 2.43. The van der Waals surface area contributed by atoms with Crippen molar-refractivity contribution in [2.75, 3.05) is 6.61 Å². The van der Waals surface area contributed by atoms with E-state index in [0.717, 1.165) is 5.56 Å². The van der Waals surface area contributed by atoms with Gasteiger partial charge >= 0.3 is 5.97 Å².